The monoisotopic (exact) mass is 359 g/mol. The summed E-state index contributed by atoms with van der Waals surface area (Å²) in [5, 5.41) is 2.69. The van der Waals surface area contributed by atoms with E-state index in [1.54, 1.807) is 30.3 Å². The number of rotatable bonds is 8. The van der Waals surface area contributed by atoms with Crippen LogP contribution in [0.3, 0.4) is 0 Å². The summed E-state index contributed by atoms with van der Waals surface area (Å²) >= 11 is 1.51. The highest BCUT2D eigenvalue weighted by Crippen LogP contribution is 2.24. The number of anilines is 1. The number of esters is 1. The van der Waals surface area contributed by atoms with Crippen molar-refractivity contribution >= 4 is 35.6 Å². The zero-order chi connectivity index (χ0) is 18.1. The van der Waals surface area contributed by atoms with Crippen molar-refractivity contribution in [3.05, 3.63) is 54.1 Å². The van der Waals surface area contributed by atoms with Crippen molar-refractivity contribution < 1.29 is 23.9 Å². The standard InChI is InChI=1S/C18H17NO5S/c1-25-16-5-3-2-4-15(16)19-17(21)11-24-18(22)12-23-14-8-6-13(10-20)7-9-14/h2-10H,11-12H2,1H3,(H,19,21). The molecule has 0 atom stereocenters. The first kappa shape index (κ1) is 18.5. The molecule has 2 rings (SSSR count). The third kappa shape index (κ3) is 5.96. The van der Waals surface area contributed by atoms with Crippen LogP contribution in [0.25, 0.3) is 0 Å². The molecular weight excluding hydrogens is 342 g/mol. The van der Waals surface area contributed by atoms with Gasteiger partial charge in [-0.15, -0.1) is 11.8 Å². The Kier molecular flexibility index (Phi) is 7.03. The summed E-state index contributed by atoms with van der Waals surface area (Å²) in [6.45, 7) is -0.718. The van der Waals surface area contributed by atoms with Crippen LogP contribution in [-0.4, -0.2) is 37.6 Å². The molecule has 130 valence electrons. The second kappa shape index (κ2) is 9.48. The van der Waals surface area contributed by atoms with Gasteiger partial charge in [-0.3, -0.25) is 9.59 Å². The van der Waals surface area contributed by atoms with Gasteiger partial charge in [0.05, 0.1) is 5.69 Å². The van der Waals surface area contributed by atoms with Crippen LogP contribution in [0.2, 0.25) is 0 Å². The summed E-state index contributed by atoms with van der Waals surface area (Å²) in [5.41, 5.74) is 1.18. The number of carbonyl (C=O) groups is 3. The lowest BCUT2D eigenvalue weighted by molar-refractivity contribution is -0.149. The van der Waals surface area contributed by atoms with Crippen LogP contribution in [-0.2, 0) is 14.3 Å². The Morgan fingerprint density at radius 2 is 1.80 bits per heavy atom. The minimum atomic E-state index is -0.659. The molecule has 1 N–H and O–H groups in total. The molecule has 0 radical (unpaired) electrons. The highest BCUT2D eigenvalue weighted by Gasteiger charge is 2.10. The Morgan fingerprint density at radius 1 is 1.08 bits per heavy atom. The lowest BCUT2D eigenvalue weighted by atomic mass is 10.2. The lowest BCUT2D eigenvalue weighted by Crippen LogP contribution is -2.23. The molecule has 0 aromatic heterocycles. The highest BCUT2D eigenvalue weighted by atomic mass is 32.2. The SMILES string of the molecule is CSc1ccccc1NC(=O)COC(=O)COc1ccc(C=O)cc1. The predicted octanol–water partition coefficient (Wildman–Crippen LogP) is 2.78. The quantitative estimate of drug-likeness (QED) is 0.443. The molecule has 0 saturated heterocycles. The van der Waals surface area contributed by atoms with Crippen LogP contribution in [0, 0.1) is 0 Å². The van der Waals surface area contributed by atoms with Crippen molar-refractivity contribution in [2.24, 2.45) is 0 Å². The van der Waals surface area contributed by atoms with E-state index in [1.165, 1.54) is 11.8 Å². The fourth-order valence-corrected chi connectivity index (χ4v) is 2.46. The average Bonchev–Trinajstić information content (AvgIpc) is 2.65. The van der Waals surface area contributed by atoms with Gasteiger partial charge in [-0.2, -0.15) is 0 Å². The minimum absolute atomic E-state index is 0.324. The second-order valence-corrected chi connectivity index (χ2v) is 5.73. The van der Waals surface area contributed by atoms with Crippen molar-refractivity contribution in [1.29, 1.82) is 0 Å². The molecule has 0 spiro atoms. The molecule has 0 saturated carbocycles. The molecule has 25 heavy (non-hydrogen) atoms. The van der Waals surface area contributed by atoms with Crippen molar-refractivity contribution in [1.82, 2.24) is 0 Å². The zero-order valence-corrected chi connectivity index (χ0v) is 14.4. The molecular formula is C18H17NO5S. The summed E-state index contributed by atoms with van der Waals surface area (Å²) in [4.78, 5) is 35.0. The molecule has 0 fully saturated rings. The number of thioether (sulfide) groups is 1. The van der Waals surface area contributed by atoms with E-state index < -0.39 is 18.5 Å². The first-order chi connectivity index (χ1) is 12.1. The van der Waals surface area contributed by atoms with Crippen LogP contribution in [0.1, 0.15) is 10.4 Å². The van der Waals surface area contributed by atoms with E-state index in [1.807, 2.05) is 24.5 Å². The maximum Gasteiger partial charge on any atom is 0.344 e. The molecule has 6 nitrogen and oxygen atoms in total. The second-order valence-electron chi connectivity index (χ2n) is 4.88. The number of benzene rings is 2. The van der Waals surface area contributed by atoms with Gasteiger partial charge >= 0.3 is 5.97 Å². The van der Waals surface area contributed by atoms with Gasteiger partial charge in [0.1, 0.15) is 12.0 Å². The summed E-state index contributed by atoms with van der Waals surface area (Å²) < 4.78 is 10.1. The molecule has 0 aliphatic heterocycles. The van der Waals surface area contributed by atoms with E-state index in [-0.39, 0.29) is 6.61 Å². The first-order valence-corrected chi connectivity index (χ1v) is 8.61. The van der Waals surface area contributed by atoms with Gasteiger partial charge in [0.15, 0.2) is 13.2 Å². The van der Waals surface area contributed by atoms with Gasteiger partial charge < -0.3 is 14.8 Å². The Morgan fingerprint density at radius 3 is 2.48 bits per heavy atom. The molecule has 0 bridgehead atoms. The lowest BCUT2D eigenvalue weighted by Gasteiger charge is -2.10. The van der Waals surface area contributed by atoms with E-state index in [0.717, 1.165) is 4.90 Å². The topological polar surface area (TPSA) is 81.7 Å². The molecule has 2 aromatic rings. The zero-order valence-electron chi connectivity index (χ0n) is 13.6. The number of aldehydes is 1. The molecule has 0 aliphatic carbocycles. The van der Waals surface area contributed by atoms with Crippen LogP contribution in [0.4, 0.5) is 5.69 Å². The molecule has 2 aromatic carbocycles. The summed E-state index contributed by atoms with van der Waals surface area (Å²) in [5.74, 6) is -0.654. The van der Waals surface area contributed by atoms with E-state index in [2.05, 4.69) is 5.32 Å². The number of ether oxygens (including phenoxy) is 2. The van der Waals surface area contributed by atoms with Crippen molar-refractivity contribution in [3.63, 3.8) is 0 Å². The van der Waals surface area contributed by atoms with Crippen LogP contribution >= 0.6 is 11.8 Å². The van der Waals surface area contributed by atoms with Crippen LogP contribution in [0.15, 0.2) is 53.4 Å². The number of carbonyl (C=O) groups excluding carboxylic acids is 3. The molecule has 0 heterocycles. The fourth-order valence-electron chi connectivity index (χ4n) is 1.91. The van der Waals surface area contributed by atoms with E-state index >= 15 is 0 Å². The van der Waals surface area contributed by atoms with Gasteiger partial charge in [-0.05, 0) is 42.7 Å². The number of hydrogen-bond acceptors (Lipinski definition) is 6. The Balaban J connectivity index is 1.75. The molecule has 0 aliphatic rings. The third-order valence-corrected chi connectivity index (χ3v) is 3.91. The van der Waals surface area contributed by atoms with Gasteiger partial charge in [0, 0.05) is 10.5 Å². The van der Waals surface area contributed by atoms with E-state index in [4.69, 9.17) is 9.47 Å². The Labute approximate surface area is 149 Å². The van der Waals surface area contributed by atoms with Crippen molar-refractivity contribution in [2.45, 2.75) is 4.90 Å². The molecule has 0 unspecified atom stereocenters. The third-order valence-electron chi connectivity index (χ3n) is 3.12. The number of para-hydroxylation sites is 1. The highest BCUT2D eigenvalue weighted by molar-refractivity contribution is 7.98. The van der Waals surface area contributed by atoms with E-state index in [0.29, 0.717) is 23.3 Å². The number of hydrogen-bond donors (Lipinski definition) is 1. The van der Waals surface area contributed by atoms with Crippen molar-refractivity contribution in [3.8, 4) is 5.75 Å². The Hall–Kier alpha value is -2.80. The van der Waals surface area contributed by atoms with Crippen LogP contribution in [0.5, 0.6) is 5.75 Å². The summed E-state index contributed by atoms with van der Waals surface area (Å²) in [7, 11) is 0. The fraction of sp³-hybridized carbons (Fsp3) is 0.167. The number of amides is 1. The largest absolute Gasteiger partial charge is 0.482 e. The van der Waals surface area contributed by atoms with Gasteiger partial charge in [-0.25, -0.2) is 4.79 Å². The van der Waals surface area contributed by atoms with Gasteiger partial charge in [-0.1, -0.05) is 12.1 Å². The number of nitrogens with one attached hydrogen (secondary N) is 1. The molecule has 7 heteroatoms. The van der Waals surface area contributed by atoms with Gasteiger partial charge in [0.2, 0.25) is 0 Å². The van der Waals surface area contributed by atoms with Crippen LogP contribution < -0.4 is 10.1 Å². The maximum atomic E-state index is 11.9. The smallest absolute Gasteiger partial charge is 0.344 e. The Bertz CT molecular complexity index is 745. The summed E-state index contributed by atoms with van der Waals surface area (Å²) in [6.07, 6.45) is 2.62. The predicted molar refractivity (Wildman–Crippen MR) is 95.1 cm³/mol. The maximum absolute atomic E-state index is 11.9. The van der Waals surface area contributed by atoms with Crippen molar-refractivity contribution in [2.75, 3.05) is 24.8 Å². The summed E-state index contributed by atoms with van der Waals surface area (Å²) in [6, 6.07) is 13.6. The average molecular weight is 359 g/mol. The molecule has 1 amide bonds. The van der Waals surface area contributed by atoms with E-state index in [9.17, 15) is 14.4 Å². The first-order valence-electron chi connectivity index (χ1n) is 7.39. The minimum Gasteiger partial charge on any atom is -0.482 e. The normalized spacial score (nSPS) is 9.96. The van der Waals surface area contributed by atoms with Gasteiger partial charge in [0.25, 0.3) is 5.91 Å².